The molecule has 8 heteroatoms. The summed E-state index contributed by atoms with van der Waals surface area (Å²) in [6.45, 7) is -0.111. The summed E-state index contributed by atoms with van der Waals surface area (Å²) in [4.78, 5) is 12.6. The number of methoxy groups -OCH3 is 1. The number of hydrogen-bond acceptors (Lipinski definition) is 5. The van der Waals surface area contributed by atoms with Gasteiger partial charge in [0.25, 0.3) is 5.91 Å². The Kier molecular flexibility index (Phi) is 7.59. The van der Waals surface area contributed by atoms with Crippen LogP contribution in [0, 0.1) is 0 Å². The second kappa shape index (κ2) is 10.4. The first-order valence-corrected chi connectivity index (χ1v) is 11.5. The van der Waals surface area contributed by atoms with Crippen molar-refractivity contribution in [1.82, 2.24) is 9.73 Å². The third kappa shape index (κ3) is 5.90. The molecule has 1 aliphatic carbocycles. The van der Waals surface area contributed by atoms with E-state index in [1.54, 1.807) is 12.1 Å². The zero-order chi connectivity index (χ0) is 21.4. The van der Waals surface area contributed by atoms with Crippen LogP contribution in [0.3, 0.4) is 0 Å². The van der Waals surface area contributed by atoms with E-state index in [0.717, 1.165) is 37.0 Å². The first-order valence-electron chi connectivity index (χ1n) is 10.0. The van der Waals surface area contributed by atoms with Gasteiger partial charge in [-0.2, -0.15) is 9.41 Å². The second-order valence-electron chi connectivity index (χ2n) is 7.17. The monoisotopic (exact) mass is 429 g/mol. The number of ether oxygens (including phenoxy) is 1. The summed E-state index contributed by atoms with van der Waals surface area (Å²) in [5.41, 5.74) is 4.47. The van der Waals surface area contributed by atoms with Crippen molar-refractivity contribution in [2.75, 3.05) is 20.2 Å². The number of carbonyl (C=O) groups excluding carboxylic acids is 1. The van der Waals surface area contributed by atoms with Crippen LogP contribution < -0.4 is 10.2 Å². The maximum atomic E-state index is 13.2. The van der Waals surface area contributed by atoms with E-state index in [0.29, 0.717) is 12.2 Å². The number of hydrogen-bond donors (Lipinski definition) is 1. The van der Waals surface area contributed by atoms with E-state index in [2.05, 4.69) is 10.5 Å². The van der Waals surface area contributed by atoms with E-state index < -0.39 is 15.9 Å². The number of carbonyl (C=O) groups is 1. The predicted octanol–water partition coefficient (Wildman–Crippen LogP) is 2.97. The summed E-state index contributed by atoms with van der Waals surface area (Å²) in [6, 6.07) is 15.7. The zero-order valence-electron chi connectivity index (χ0n) is 17.1. The van der Waals surface area contributed by atoms with Crippen LogP contribution in [-0.2, 0) is 21.2 Å². The van der Waals surface area contributed by atoms with Crippen molar-refractivity contribution >= 4 is 21.6 Å². The Morgan fingerprint density at radius 1 is 1.07 bits per heavy atom. The molecule has 0 radical (unpaired) electrons. The van der Waals surface area contributed by atoms with Crippen molar-refractivity contribution in [3.05, 3.63) is 60.2 Å². The SMILES string of the molecule is COc1ccc(S(=O)(=O)N(CCc2ccccc2)CC(=O)NN=C2CCCC2)cc1. The molecule has 1 N–H and O–H groups in total. The molecule has 0 unspecified atom stereocenters. The molecule has 1 saturated carbocycles. The summed E-state index contributed by atoms with van der Waals surface area (Å²) in [7, 11) is -2.34. The number of amides is 1. The van der Waals surface area contributed by atoms with Gasteiger partial charge in [0.15, 0.2) is 0 Å². The fourth-order valence-electron chi connectivity index (χ4n) is 3.31. The van der Waals surface area contributed by atoms with Gasteiger partial charge < -0.3 is 4.74 Å². The van der Waals surface area contributed by atoms with Gasteiger partial charge in [-0.05, 0) is 61.9 Å². The minimum absolute atomic E-state index is 0.117. The van der Waals surface area contributed by atoms with Crippen LogP contribution >= 0.6 is 0 Å². The minimum atomic E-state index is -3.86. The normalized spacial score (nSPS) is 14.0. The molecule has 0 atom stereocenters. The Balaban J connectivity index is 1.76. The highest BCUT2D eigenvalue weighted by atomic mass is 32.2. The molecule has 0 spiro atoms. The highest BCUT2D eigenvalue weighted by molar-refractivity contribution is 7.89. The molecule has 30 heavy (non-hydrogen) atoms. The van der Waals surface area contributed by atoms with Gasteiger partial charge in [0.1, 0.15) is 5.75 Å². The predicted molar refractivity (Wildman–Crippen MR) is 116 cm³/mol. The summed E-state index contributed by atoms with van der Waals surface area (Å²) >= 11 is 0. The third-order valence-corrected chi connectivity index (χ3v) is 6.89. The molecule has 1 fully saturated rings. The number of sulfonamides is 1. The van der Waals surface area contributed by atoms with Crippen molar-refractivity contribution in [3.8, 4) is 5.75 Å². The molecule has 2 aromatic carbocycles. The van der Waals surface area contributed by atoms with E-state index in [-0.39, 0.29) is 18.0 Å². The van der Waals surface area contributed by atoms with E-state index >= 15 is 0 Å². The summed E-state index contributed by atoms with van der Waals surface area (Å²) in [5.74, 6) is 0.120. The number of rotatable bonds is 9. The summed E-state index contributed by atoms with van der Waals surface area (Å²) < 4.78 is 32.7. The first-order chi connectivity index (χ1) is 14.5. The standard InChI is InChI=1S/C22H27N3O4S/c1-29-20-11-13-21(14-12-20)30(27,28)25(16-15-18-7-3-2-4-8-18)17-22(26)24-23-19-9-5-6-10-19/h2-4,7-8,11-14H,5-6,9-10,15-17H2,1H3,(H,24,26). The van der Waals surface area contributed by atoms with E-state index in [9.17, 15) is 13.2 Å². The summed E-state index contributed by atoms with van der Waals surface area (Å²) in [5, 5.41) is 4.15. The molecule has 0 saturated heterocycles. The Morgan fingerprint density at radius 2 is 1.73 bits per heavy atom. The molecular weight excluding hydrogens is 402 g/mol. The molecule has 3 rings (SSSR count). The Morgan fingerprint density at radius 3 is 2.37 bits per heavy atom. The van der Waals surface area contributed by atoms with Crippen LogP contribution in [0.2, 0.25) is 0 Å². The zero-order valence-corrected chi connectivity index (χ0v) is 17.9. The number of benzene rings is 2. The molecular formula is C22H27N3O4S. The molecule has 0 heterocycles. The Bertz CT molecular complexity index is 965. The minimum Gasteiger partial charge on any atom is -0.497 e. The summed E-state index contributed by atoms with van der Waals surface area (Å²) in [6.07, 6.45) is 4.40. The number of hydrazone groups is 1. The van der Waals surface area contributed by atoms with Crippen molar-refractivity contribution in [3.63, 3.8) is 0 Å². The van der Waals surface area contributed by atoms with Gasteiger partial charge in [-0.1, -0.05) is 30.3 Å². The lowest BCUT2D eigenvalue weighted by Gasteiger charge is -2.21. The van der Waals surface area contributed by atoms with E-state index in [1.165, 1.54) is 23.5 Å². The van der Waals surface area contributed by atoms with E-state index in [1.807, 2.05) is 30.3 Å². The van der Waals surface area contributed by atoms with Gasteiger partial charge in [-0.3, -0.25) is 4.79 Å². The topological polar surface area (TPSA) is 88.1 Å². The smallest absolute Gasteiger partial charge is 0.255 e. The highest BCUT2D eigenvalue weighted by Gasteiger charge is 2.26. The maximum Gasteiger partial charge on any atom is 0.255 e. The van der Waals surface area contributed by atoms with Gasteiger partial charge in [0, 0.05) is 12.3 Å². The quantitative estimate of drug-likeness (QED) is 0.621. The molecule has 7 nitrogen and oxygen atoms in total. The molecule has 160 valence electrons. The van der Waals surface area contributed by atoms with Crippen molar-refractivity contribution in [1.29, 1.82) is 0 Å². The van der Waals surface area contributed by atoms with Gasteiger partial charge >= 0.3 is 0 Å². The molecule has 1 amide bonds. The van der Waals surface area contributed by atoms with Crippen LogP contribution in [0.15, 0.2) is 64.6 Å². The first kappa shape index (κ1) is 22.0. The third-order valence-electron chi connectivity index (χ3n) is 5.03. The van der Waals surface area contributed by atoms with E-state index in [4.69, 9.17) is 4.74 Å². The molecule has 0 aliphatic heterocycles. The lowest BCUT2D eigenvalue weighted by molar-refractivity contribution is -0.121. The average molecular weight is 430 g/mol. The molecule has 0 aromatic heterocycles. The van der Waals surface area contributed by atoms with Gasteiger partial charge in [-0.25, -0.2) is 13.8 Å². The van der Waals surface area contributed by atoms with Crippen LogP contribution in [-0.4, -0.2) is 44.5 Å². The lowest BCUT2D eigenvalue weighted by atomic mass is 10.1. The lowest BCUT2D eigenvalue weighted by Crippen LogP contribution is -2.40. The van der Waals surface area contributed by atoms with Crippen molar-refractivity contribution in [2.24, 2.45) is 5.10 Å². The maximum absolute atomic E-state index is 13.2. The van der Waals surface area contributed by atoms with Crippen molar-refractivity contribution in [2.45, 2.75) is 37.0 Å². The van der Waals surface area contributed by atoms with Crippen LogP contribution in [0.5, 0.6) is 5.75 Å². The highest BCUT2D eigenvalue weighted by Crippen LogP contribution is 2.20. The van der Waals surface area contributed by atoms with Crippen LogP contribution in [0.25, 0.3) is 0 Å². The van der Waals surface area contributed by atoms with Crippen LogP contribution in [0.1, 0.15) is 31.2 Å². The largest absolute Gasteiger partial charge is 0.497 e. The van der Waals surface area contributed by atoms with Crippen molar-refractivity contribution < 1.29 is 17.9 Å². The fraction of sp³-hybridized carbons (Fsp3) is 0.364. The van der Waals surface area contributed by atoms with Gasteiger partial charge in [-0.15, -0.1) is 0 Å². The van der Waals surface area contributed by atoms with Gasteiger partial charge in [0.05, 0.1) is 18.6 Å². The fourth-order valence-corrected chi connectivity index (χ4v) is 4.71. The number of nitrogens with one attached hydrogen (secondary N) is 1. The second-order valence-corrected chi connectivity index (χ2v) is 9.11. The van der Waals surface area contributed by atoms with Gasteiger partial charge in [0.2, 0.25) is 10.0 Å². The Labute approximate surface area is 177 Å². The number of nitrogens with zero attached hydrogens (tertiary/aromatic N) is 2. The molecule has 0 bridgehead atoms. The molecule has 1 aliphatic rings. The Hall–Kier alpha value is -2.71. The van der Waals surface area contributed by atoms with Crippen LogP contribution in [0.4, 0.5) is 0 Å². The molecule has 2 aromatic rings. The average Bonchev–Trinajstić information content (AvgIpc) is 3.29.